The number of nitrogens with zero attached hydrogens (tertiary/aromatic N) is 2. The number of halogens is 1. The van der Waals surface area contributed by atoms with E-state index in [4.69, 9.17) is 0 Å². The smallest absolute Gasteiger partial charge is 0.149 e. The maximum Gasteiger partial charge on any atom is 0.149 e. The minimum Gasteiger partial charge on any atom is -0.369 e. The lowest BCUT2D eigenvalue weighted by Crippen LogP contribution is -2.51. The molecule has 0 radical (unpaired) electrons. The number of rotatable bonds is 4. The Hall–Kier alpha value is -1.42. The second-order valence-corrected chi connectivity index (χ2v) is 5.00. The minimum atomic E-state index is -0.204. The van der Waals surface area contributed by atoms with Crippen molar-refractivity contribution in [2.24, 2.45) is 0 Å². The van der Waals surface area contributed by atoms with Crippen LogP contribution < -0.4 is 4.90 Å². The summed E-state index contributed by atoms with van der Waals surface area (Å²) in [6, 6.07) is 6.62. The van der Waals surface area contributed by atoms with Gasteiger partial charge in [-0.2, -0.15) is 0 Å². The fourth-order valence-electron chi connectivity index (χ4n) is 2.52. The van der Waals surface area contributed by atoms with Gasteiger partial charge in [0.15, 0.2) is 0 Å². The van der Waals surface area contributed by atoms with E-state index in [1.54, 1.807) is 0 Å². The molecule has 0 aliphatic carbocycles. The van der Waals surface area contributed by atoms with Crippen LogP contribution in [0.3, 0.4) is 0 Å². The zero-order valence-electron chi connectivity index (χ0n) is 11.6. The standard InChI is InChI=1S/C15H21FN2O/c1-3-15(19)12(2)17-8-10-18(11-9-17)14-6-4-13(16)5-7-14/h4-7,12H,3,8-11H2,1-2H3. The molecule has 1 aromatic rings. The van der Waals surface area contributed by atoms with Crippen molar-refractivity contribution in [3.63, 3.8) is 0 Å². The predicted octanol–water partition coefficient (Wildman–Crippen LogP) is 2.32. The molecule has 0 bridgehead atoms. The number of hydrogen-bond donors (Lipinski definition) is 0. The zero-order chi connectivity index (χ0) is 13.8. The first-order chi connectivity index (χ1) is 9.11. The van der Waals surface area contributed by atoms with E-state index in [9.17, 15) is 9.18 Å². The van der Waals surface area contributed by atoms with E-state index in [-0.39, 0.29) is 11.9 Å². The molecule has 1 heterocycles. The van der Waals surface area contributed by atoms with Crippen LogP contribution in [0.5, 0.6) is 0 Å². The highest BCUT2D eigenvalue weighted by molar-refractivity contribution is 5.83. The monoisotopic (exact) mass is 264 g/mol. The third-order valence-corrected chi connectivity index (χ3v) is 3.87. The van der Waals surface area contributed by atoms with Gasteiger partial charge in [0.1, 0.15) is 11.6 Å². The summed E-state index contributed by atoms with van der Waals surface area (Å²) in [5.74, 6) is 0.0970. The number of Topliss-reactive ketones (excluding diaryl/α,β-unsaturated/α-hetero) is 1. The quantitative estimate of drug-likeness (QED) is 0.834. The Morgan fingerprint density at radius 3 is 2.32 bits per heavy atom. The maximum absolute atomic E-state index is 12.9. The first kappa shape index (κ1) is 14.0. The van der Waals surface area contributed by atoms with Crippen LogP contribution in [0.25, 0.3) is 0 Å². The number of hydrogen-bond acceptors (Lipinski definition) is 3. The number of carbonyl (C=O) groups excluding carboxylic acids is 1. The molecule has 0 N–H and O–H groups in total. The lowest BCUT2D eigenvalue weighted by atomic mass is 10.1. The molecule has 19 heavy (non-hydrogen) atoms. The third kappa shape index (κ3) is 3.32. The van der Waals surface area contributed by atoms with E-state index < -0.39 is 0 Å². The number of piperazine rings is 1. The molecule has 1 atom stereocenters. The molecule has 104 valence electrons. The van der Waals surface area contributed by atoms with Crippen LogP contribution in [0, 0.1) is 5.82 Å². The molecule has 1 saturated heterocycles. The molecule has 0 aromatic heterocycles. The molecule has 2 rings (SSSR count). The Morgan fingerprint density at radius 1 is 1.21 bits per heavy atom. The largest absolute Gasteiger partial charge is 0.369 e. The molecule has 1 aliphatic heterocycles. The summed E-state index contributed by atoms with van der Waals surface area (Å²) in [4.78, 5) is 16.2. The second kappa shape index (κ2) is 6.15. The van der Waals surface area contributed by atoms with E-state index in [0.717, 1.165) is 31.9 Å². The summed E-state index contributed by atoms with van der Waals surface area (Å²) in [5, 5.41) is 0. The highest BCUT2D eigenvalue weighted by atomic mass is 19.1. The first-order valence-corrected chi connectivity index (χ1v) is 6.89. The van der Waals surface area contributed by atoms with Crippen molar-refractivity contribution < 1.29 is 9.18 Å². The Kier molecular flexibility index (Phi) is 4.53. The molecule has 1 aromatic carbocycles. The summed E-state index contributed by atoms with van der Waals surface area (Å²) >= 11 is 0. The predicted molar refractivity (Wildman–Crippen MR) is 74.9 cm³/mol. The second-order valence-electron chi connectivity index (χ2n) is 5.00. The molecule has 4 heteroatoms. The average Bonchev–Trinajstić information content (AvgIpc) is 2.46. The maximum atomic E-state index is 12.9. The number of benzene rings is 1. The van der Waals surface area contributed by atoms with Gasteiger partial charge >= 0.3 is 0 Å². The Morgan fingerprint density at radius 2 is 1.79 bits per heavy atom. The normalized spacial score (nSPS) is 18.4. The highest BCUT2D eigenvalue weighted by Crippen LogP contribution is 2.18. The molecule has 3 nitrogen and oxygen atoms in total. The third-order valence-electron chi connectivity index (χ3n) is 3.87. The van der Waals surface area contributed by atoms with Crippen molar-refractivity contribution in [3.05, 3.63) is 30.1 Å². The summed E-state index contributed by atoms with van der Waals surface area (Å²) in [6.07, 6.45) is 0.597. The van der Waals surface area contributed by atoms with Gasteiger partial charge in [-0.3, -0.25) is 9.69 Å². The van der Waals surface area contributed by atoms with Gasteiger partial charge in [0.05, 0.1) is 6.04 Å². The van der Waals surface area contributed by atoms with Crippen LogP contribution >= 0.6 is 0 Å². The SMILES string of the molecule is CCC(=O)C(C)N1CCN(c2ccc(F)cc2)CC1. The minimum absolute atomic E-state index is 0.0142. The van der Waals surface area contributed by atoms with E-state index in [2.05, 4.69) is 9.80 Å². The van der Waals surface area contributed by atoms with E-state index in [1.807, 2.05) is 26.0 Å². The highest BCUT2D eigenvalue weighted by Gasteiger charge is 2.24. The van der Waals surface area contributed by atoms with Gasteiger partial charge in [-0.15, -0.1) is 0 Å². The molecule has 0 spiro atoms. The Labute approximate surface area is 114 Å². The molecule has 0 saturated carbocycles. The molecule has 1 fully saturated rings. The van der Waals surface area contributed by atoms with Gasteiger partial charge in [0, 0.05) is 38.3 Å². The fourth-order valence-corrected chi connectivity index (χ4v) is 2.52. The molecule has 1 unspecified atom stereocenters. The fraction of sp³-hybridized carbons (Fsp3) is 0.533. The van der Waals surface area contributed by atoms with Crippen molar-refractivity contribution in [2.45, 2.75) is 26.3 Å². The molecule has 0 amide bonds. The van der Waals surface area contributed by atoms with Gasteiger partial charge in [-0.1, -0.05) is 6.92 Å². The zero-order valence-corrected chi connectivity index (χ0v) is 11.6. The van der Waals surface area contributed by atoms with Gasteiger partial charge in [-0.25, -0.2) is 4.39 Å². The van der Waals surface area contributed by atoms with Crippen LogP contribution in [0.15, 0.2) is 24.3 Å². The summed E-state index contributed by atoms with van der Waals surface area (Å²) < 4.78 is 12.9. The van der Waals surface area contributed by atoms with Crippen LogP contribution in [-0.2, 0) is 4.79 Å². The van der Waals surface area contributed by atoms with Crippen LogP contribution in [0.2, 0.25) is 0 Å². The van der Waals surface area contributed by atoms with E-state index >= 15 is 0 Å². The van der Waals surface area contributed by atoms with Crippen molar-refractivity contribution in [2.75, 3.05) is 31.1 Å². The van der Waals surface area contributed by atoms with Gasteiger partial charge in [-0.05, 0) is 31.2 Å². The van der Waals surface area contributed by atoms with Crippen molar-refractivity contribution >= 4 is 11.5 Å². The Bertz CT molecular complexity index is 424. The lowest BCUT2D eigenvalue weighted by molar-refractivity contribution is -0.123. The molecular formula is C15H21FN2O. The Balaban J connectivity index is 1.92. The van der Waals surface area contributed by atoms with Gasteiger partial charge in [0.25, 0.3) is 0 Å². The van der Waals surface area contributed by atoms with Gasteiger partial charge in [0.2, 0.25) is 0 Å². The van der Waals surface area contributed by atoms with Crippen LogP contribution in [0.4, 0.5) is 10.1 Å². The van der Waals surface area contributed by atoms with Crippen molar-refractivity contribution in [1.82, 2.24) is 4.90 Å². The topological polar surface area (TPSA) is 23.6 Å². The van der Waals surface area contributed by atoms with E-state index in [0.29, 0.717) is 12.2 Å². The lowest BCUT2D eigenvalue weighted by Gasteiger charge is -2.38. The number of ketones is 1. The number of carbonyl (C=O) groups is 1. The van der Waals surface area contributed by atoms with E-state index in [1.165, 1.54) is 12.1 Å². The molecule has 1 aliphatic rings. The van der Waals surface area contributed by atoms with Crippen molar-refractivity contribution in [3.8, 4) is 0 Å². The molecular weight excluding hydrogens is 243 g/mol. The first-order valence-electron chi connectivity index (χ1n) is 6.89. The summed E-state index contributed by atoms with van der Waals surface area (Å²) in [6.45, 7) is 7.42. The summed E-state index contributed by atoms with van der Waals surface area (Å²) in [7, 11) is 0. The van der Waals surface area contributed by atoms with Crippen LogP contribution in [0.1, 0.15) is 20.3 Å². The summed E-state index contributed by atoms with van der Waals surface area (Å²) in [5.41, 5.74) is 1.05. The number of anilines is 1. The van der Waals surface area contributed by atoms with Crippen LogP contribution in [-0.4, -0.2) is 42.9 Å². The average molecular weight is 264 g/mol. The van der Waals surface area contributed by atoms with Crippen molar-refractivity contribution in [1.29, 1.82) is 0 Å². The van der Waals surface area contributed by atoms with Gasteiger partial charge < -0.3 is 4.90 Å².